The highest BCUT2D eigenvalue weighted by molar-refractivity contribution is 5.83. The van der Waals surface area contributed by atoms with Gasteiger partial charge in [0.25, 0.3) is 6.36 Å². The molecule has 1 heterocycles. The molecule has 1 aromatic carbocycles. The van der Waals surface area contributed by atoms with Gasteiger partial charge in [-0.3, -0.25) is 4.79 Å². The largest absolute Gasteiger partial charge is 0.427 e. The number of esters is 1. The van der Waals surface area contributed by atoms with E-state index in [0.29, 0.717) is 5.56 Å². The Labute approximate surface area is 85.9 Å². The summed E-state index contributed by atoms with van der Waals surface area (Å²) in [4.78, 5) is 13.5. The summed E-state index contributed by atoms with van der Waals surface area (Å²) in [7, 11) is 0. The Morgan fingerprint density at radius 1 is 1.47 bits per heavy atom. The van der Waals surface area contributed by atoms with Gasteiger partial charge in [-0.25, -0.2) is 0 Å². The smallest absolute Gasteiger partial charge is 0.305 e. The fraction of sp³-hybridized carbons (Fsp3) is 0.182. The van der Waals surface area contributed by atoms with Crippen LogP contribution in [-0.4, -0.2) is 11.0 Å². The summed E-state index contributed by atoms with van der Waals surface area (Å²) >= 11 is 0. The Morgan fingerprint density at radius 3 is 2.93 bits per heavy atom. The second-order valence-corrected chi connectivity index (χ2v) is 3.22. The number of nitrogens with one attached hydrogen (secondary N) is 1. The summed E-state index contributed by atoms with van der Waals surface area (Å²) in [6, 6.07) is 7.26. The highest BCUT2D eigenvalue weighted by Gasteiger charge is 2.16. The highest BCUT2D eigenvalue weighted by Crippen LogP contribution is 2.27. The minimum Gasteiger partial charge on any atom is -0.427 e. The quantitative estimate of drug-likeness (QED) is 0.769. The van der Waals surface area contributed by atoms with E-state index in [0.717, 1.165) is 10.9 Å². The number of rotatable bonds is 2. The summed E-state index contributed by atoms with van der Waals surface area (Å²) in [5, 5.41) is 0.728. The summed E-state index contributed by atoms with van der Waals surface area (Å²) in [5.41, 5.74) is 1.17. The lowest BCUT2D eigenvalue weighted by Gasteiger charge is -2.06. The third-order valence-electron chi connectivity index (χ3n) is 2.14. The monoisotopic (exact) mass is 207 g/mol. The average molecular weight is 207 g/mol. The first-order valence-electron chi connectivity index (χ1n) is 4.56. The first-order chi connectivity index (χ1) is 7.18. The maximum Gasteiger partial charge on any atom is 0.305 e. The molecule has 0 saturated heterocycles. The van der Waals surface area contributed by atoms with E-state index in [4.69, 9.17) is 0 Å². The van der Waals surface area contributed by atoms with Crippen LogP contribution in [0.4, 0.5) is 4.39 Å². The normalized spacial score (nSPS) is 12.7. The van der Waals surface area contributed by atoms with Gasteiger partial charge < -0.3 is 9.72 Å². The number of aromatic amines is 1. The molecule has 0 spiro atoms. The maximum atomic E-state index is 13.5. The van der Waals surface area contributed by atoms with Gasteiger partial charge in [0, 0.05) is 24.0 Å². The molecular weight excluding hydrogens is 197 g/mol. The number of fused-ring (bicyclic) bond motifs is 1. The van der Waals surface area contributed by atoms with Crippen molar-refractivity contribution in [3.8, 4) is 0 Å². The molecule has 1 unspecified atom stereocenters. The molecule has 1 N–H and O–H groups in total. The van der Waals surface area contributed by atoms with Crippen molar-refractivity contribution in [3.63, 3.8) is 0 Å². The molecule has 0 saturated carbocycles. The van der Waals surface area contributed by atoms with Crippen molar-refractivity contribution < 1.29 is 13.9 Å². The van der Waals surface area contributed by atoms with Crippen LogP contribution < -0.4 is 0 Å². The molecule has 0 amide bonds. The van der Waals surface area contributed by atoms with Crippen LogP contribution in [0.25, 0.3) is 10.9 Å². The molecule has 1 aromatic heterocycles. The molecule has 2 aromatic rings. The van der Waals surface area contributed by atoms with Gasteiger partial charge in [-0.05, 0) is 6.07 Å². The molecule has 0 aliphatic rings. The van der Waals surface area contributed by atoms with E-state index in [2.05, 4.69) is 9.72 Å². The number of para-hydroxylation sites is 1. The molecule has 0 radical (unpaired) electrons. The number of halogens is 1. The maximum absolute atomic E-state index is 13.5. The molecular formula is C11H10FNO2. The topological polar surface area (TPSA) is 42.1 Å². The molecule has 3 nitrogen and oxygen atoms in total. The number of hydrogen-bond donors (Lipinski definition) is 1. The average Bonchev–Trinajstić information content (AvgIpc) is 2.59. The van der Waals surface area contributed by atoms with E-state index >= 15 is 0 Å². The van der Waals surface area contributed by atoms with E-state index in [9.17, 15) is 9.18 Å². The van der Waals surface area contributed by atoms with Crippen LogP contribution >= 0.6 is 0 Å². The van der Waals surface area contributed by atoms with Crippen LogP contribution in [0.3, 0.4) is 0 Å². The molecule has 15 heavy (non-hydrogen) atoms. The van der Waals surface area contributed by atoms with Gasteiger partial charge in [0.15, 0.2) is 0 Å². The van der Waals surface area contributed by atoms with Crippen LogP contribution in [0.5, 0.6) is 0 Å². The first-order valence-corrected chi connectivity index (χ1v) is 4.56. The van der Waals surface area contributed by atoms with E-state index in [1.54, 1.807) is 12.1 Å². The Morgan fingerprint density at radius 2 is 2.20 bits per heavy atom. The third kappa shape index (κ3) is 1.83. The van der Waals surface area contributed by atoms with Gasteiger partial charge in [-0.15, -0.1) is 0 Å². The summed E-state index contributed by atoms with van der Waals surface area (Å²) < 4.78 is 18.0. The predicted octanol–water partition coefficient (Wildman–Crippen LogP) is 2.70. The van der Waals surface area contributed by atoms with Gasteiger partial charge in [0.1, 0.15) is 0 Å². The Bertz CT molecular complexity index is 492. The predicted molar refractivity (Wildman–Crippen MR) is 53.9 cm³/mol. The molecule has 0 aliphatic carbocycles. The first kappa shape index (κ1) is 9.71. The minimum atomic E-state index is -1.71. The van der Waals surface area contributed by atoms with Crippen LogP contribution in [0.1, 0.15) is 18.8 Å². The van der Waals surface area contributed by atoms with E-state index in [1.807, 2.05) is 12.1 Å². The second kappa shape index (κ2) is 3.73. The van der Waals surface area contributed by atoms with Gasteiger partial charge in [-0.1, -0.05) is 18.2 Å². The molecule has 78 valence electrons. The standard InChI is InChI=1S/C11H10FNO2/c1-7(14)15-11(12)9-6-13-10-5-3-2-4-8(9)10/h2-6,11,13H,1H3. The molecule has 4 heteroatoms. The number of aromatic nitrogens is 1. The van der Waals surface area contributed by atoms with Crippen LogP contribution in [0, 0.1) is 0 Å². The van der Waals surface area contributed by atoms with Crippen molar-refractivity contribution >= 4 is 16.9 Å². The Kier molecular flexibility index (Phi) is 2.41. The van der Waals surface area contributed by atoms with Gasteiger partial charge in [0.05, 0.1) is 5.56 Å². The molecule has 0 bridgehead atoms. The lowest BCUT2D eigenvalue weighted by atomic mass is 10.2. The second-order valence-electron chi connectivity index (χ2n) is 3.22. The number of ether oxygens (including phenoxy) is 1. The van der Waals surface area contributed by atoms with Gasteiger partial charge in [-0.2, -0.15) is 4.39 Å². The number of alkyl halides is 1. The zero-order valence-corrected chi connectivity index (χ0v) is 8.16. The van der Waals surface area contributed by atoms with Crippen molar-refractivity contribution in [1.29, 1.82) is 0 Å². The zero-order valence-electron chi connectivity index (χ0n) is 8.16. The van der Waals surface area contributed by atoms with Gasteiger partial charge in [0.2, 0.25) is 0 Å². The Hall–Kier alpha value is -1.84. The SMILES string of the molecule is CC(=O)OC(F)c1c[nH]c2ccccc12. The fourth-order valence-corrected chi connectivity index (χ4v) is 1.49. The van der Waals surface area contributed by atoms with Crippen LogP contribution in [-0.2, 0) is 9.53 Å². The number of benzene rings is 1. The number of hydrogen-bond acceptors (Lipinski definition) is 2. The lowest BCUT2D eigenvalue weighted by Crippen LogP contribution is -2.02. The van der Waals surface area contributed by atoms with E-state index < -0.39 is 12.3 Å². The van der Waals surface area contributed by atoms with Crippen molar-refractivity contribution in [1.82, 2.24) is 4.98 Å². The summed E-state index contributed by atoms with van der Waals surface area (Å²) in [6.07, 6.45) is -0.197. The Balaban J connectivity index is 2.39. The molecule has 1 atom stereocenters. The minimum absolute atomic E-state index is 0.348. The van der Waals surface area contributed by atoms with Gasteiger partial charge >= 0.3 is 5.97 Å². The number of carbonyl (C=O) groups is 1. The van der Waals surface area contributed by atoms with Crippen molar-refractivity contribution in [2.75, 3.05) is 0 Å². The lowest BCUT2D eigenvalue weighted by molar-refractivity contribution is -0.155. The highest BCUT2D eigenvalue weighted by atomic mass is 19.1. The van der Waals surface area contributed by atoms with E-state index in [-0.39, 0.29) is 0 Å². The van der Waals surface area contributed by atoms with Crippen LogP contribution in [0.15, 0.2) is 30.5 Å². The van der Waals surface area contributed by atoms with Crippen LogP contribution in [0.2, 0.25) is 0 Å². The molecule has 0 aliphatic heterocycles. The molecule has 0 fully saturated rings. The van der Waals surface area contributed by atoms with Crippen molar-refractivity contribution in [3.05, 3.63) is 36.0 Å². The number of carbonyl (C=O) groups excluding carboxylic acids is 1. The zero-order chi connectivity index (χ0) is 10.8. The summed E-state index contributed by atoms with van der Waals surface area (Å²) in [5.74, 6) is -0.632. The number of H-pyrrole nitrogens is 1. The summed E-state index contributed by atoms with van der Waals surface area (Å²) in [6.45, 7) is 1.18. The van der Waals surface area contributed by atoms with Crippen molar-refractivity contribution in [2.45, 2.75) is 13.3 Å². The third-order valence-corrected chi connectivity index (χ3v) is 2.14. The van der Waals surface area contributed by atoms with E-state index in [1.165, 1.54) is 13.1 Å². The fourth-order valence-electron chi connectivity index (χ4n) is 1.49. The molecule has 2 rings (SSSR count). The van der Waals surface area contributed by atoms with Crippen molar-refractivity contribution in [2.24, 2.45) is 0 Å².